The molecule has 9 heavy (non-hydrogen) atoms. The van der Waals surface area contributed by atoms with Gasteiger partial charge in [-0.3, -0.25) is 0 Å². The van der Waals surface area contributed by atoms with Crippen LogP contribution in [0.25, 0.3) is 0 Å². The van der Waals surface area contributed by atoms with Crippen LogP contribution in [0.15, 0.2) is 30.3 Å². The predicted molar refractivity (Wildman–Crippen MR) is 39.3 cm³/mol. The summed E-state index contributed by atoms with van der Waals surface area (Å²) in [6.07, 6.45) is 5.08. The molecule has 0 aliphatic rings. The molecule has 0 aliphatic carbocycles. The quantitative estimate of drug-likeness (QED) is 0.594. The summed E-state index contributed by atoms with van der Waals surface area (Å²) in [6.45, 7) is 5.06. The van der Waals surface area contributed by atoms with E-state index in [9.17, 15) is 0 Å². The Kier molecular flexibility index (Phi) is 4.92. The van der Waals surface area contributed by atoms with Crippen LogP contribution in [0.1, 0.15) is 6.92 Å². The number of hydrogen-bond acceptors (Lipinski definition) is 1. The molecule has 1 aromatic rings. The minimum atomic E-state index is 0.639. The SMILES string of the molecule is C=C(C)Cl.c1c[nH]cn1. The molecule has 0 saturated heterocycles. The van der Waals surface area contributed by atoms with Crippen molar-refractivity contribution < 1.29 is 0 Å². The topological polar surface area (TPSA) is 28.7 Å². The number of nitrogens with zero attached hydrogens (tertiary/aromatic N) is 1. The van der Waals surface area contributed by atoms with E-state index >= 15 is 0 Å². The summed E-state index contributed by atoms with van der Waals surface area (Å²) in [5.41, 5.74) is 0. The summed E-state index contributed by atoms with van der Waals surface area (Å²) in [7, 11) is 0. The van der Waals surface area contributed by atoms with E-state index in [2.05, 4.69) is 16.5 Å². The van der Waals surface area contributed by atoms with Crippen molar-refractivity contribution in [2.24, 2.45) is 0 Å². The molecule has 1 N–H and O–H groups in total. The Balaban J connectivity index is 0.000000148. The molecule has 0 radical (unpaired) electrons. The molecule has 0 bridgehead atoms. The van der Waals surface area contributed by atoms with Crippen LogP contribution in [0.3, 0.4) is 0 Å². The van der Waals surface area contributed by atoms with Gasteiger partial charge in [-0.15, -0.1) is 0 Å². The maximum absolute atomic E-state index is 5.08. The number of halogens is 1. The molecule has 3 heteroatoms. The fourth-order valence-corrected chi connectivity index (χ4v) is 0.215. The molecule has 0 spiro atoms. The summed E-state index contributed by atoms with van der Waals surface area (Å²) >= 11 is 5.08. The minimum Gasteiger partial charge on any atom is -0.351 e. The van der Waals surface area contributed by atoms with Crippen molar-refractivity contribution in [2.75, 3.05) is 0 Å². The van der Waals surface area contributed by atoms with Crippen molar-refractivity contribution in [3.63, 3.8) is 0 Å². The molecule has 2 nitrogen and oxygen atoms in total. The van der Waals surface area contributed by atoms with Crippen LogP contribution < -0.4 is 0 Å². The summed E-state index contributed by atoms with van der Waals surface area (Å²) in [5, 5.41) is 0.639. The first-order valence-electron chi connectivity index (χ1n) is 2.47. The van der Waals surface area contributed by atoms with Gasteiger partial charge in [-0.2, -0.15) is 0 Å². The van der Waals surface area contributed by atoms with Crippen LogP contribution in [0, 0.1) is 0 Å². The molecule has 0 fully saturated rings. The lowest BCUT2D eigenvalue weighted by molar-refractivity contribution is 1.31. The van der Waals surface area contributed by atoms with Gasteiger partial charge in [0.05, 0.1) is 6.33 Å². The molecule has 0 amide bonds. The average molecular weight is 145 g/mol. The van der Waals surface area contributed by atoms with Crippen LogP contribution in [0.4, 0.5) is 0 Å². The van der Waals surface area contributed by atoms with Crippen LogP contribution in [0.5, 0.6) is 0 Å². The van der Waals surface area contributed by atoms with E-state index in [1.165, 1.54) is 0 Å². The molecular formula is C6H9ClN2. The highest BCUT2D eigenvalue weighted by Crippen LogP contribution is 1.87. The van der Waals surface area contributed by atoms with Crippen molar-refractivity contribution in [1.29, 1.82) is 0 Å². The lowest BCUT2D eigenvalue weighted by atomic mass is 10.8. The average Bonchev–Trinajstić information content (AvgIpc) is 2.11. The first kappa shape index (κ1) is 8.24. The summed E-state index contributed by atoms with van der Waals surface area (Å²) in [4.78, 5) is 6.42. The van der Waals surface area contributed by atoms with E-state index in [4.69, 9.17) is 11.6 Å². The highest BCUT2D eigenvalue weighted by molar-refractivity contribution is 6.28. The van der Waals surface area contributed by atoms with Crippen molar-refractivity contribution in [3.8, 4) is 0 Å². The van der Waals surface area contributed by atoms with E-state index in [1.807, 2.05) is 0 Å². The van der Waals surface area contributed by atoms with Crippen molar-refractivity contribution in [3.05, 3.63) is 30.3 Å². The zero-order valence-electron chi connectivity index (χ0n) is 5.26. The van der Waals surface area contributed by atoms with Gasteiger partial charge in [0, 0.05) is 17.4 Å². The van der Waals surface area contributed by atoms with Gasteiger partial charge in [-0.05, 0) is 6.92 Å². The number of nitrogens with one attached hydrogen (secondary N) is 1. The first-order chi connectivity index (χ1) is 4.23. The van der Waals surface area contributed by atoms with Gasteiger partial charge < -0.3 is 4.98 Å². The largest absolute Gasteiger partial charge is 0.351 e. The molecule has 0 unspecified atom stereocenters. The number of imidazole rings is 1. The third kappa shape index (κ3) is 11.1. The zero-order valence-corrected chi connectivity index (χ0v) is 6.02. The Morgan fingerprint density at radius 1 is 1.78 bits per heavy atom. The van der Waals surface area contributed by atoms with E-state index in [0.717, 1.165) is 0 Å². The first-order valence-corrected chi connectivity index (χ1v) is 2.85. The highest BCUT2D eigenvalue weighted by Gasteiger charge is 1.56. The van der Waals surface area contributed by atoms with Gasteiger partial charge in [0.2, 0.25) is 0 Å². The molecule has 1 aromatic heterocycles. The molecular weight excluding hydrogens is 136 g/mol. The summed E-state index contributed by atoms with van der Waals surface area (Å²) in [5.74, 6) is 0. The number of aromatic nitrogens is 2. The second-order valence-electron chi connectivity index (χ2n) is 1.44. The van der Waals surface area contributed by atoms with E-state index < -0.39 is 0 Å². The monoisotopic (exact) mass is 144 g/mol. The zero-order chi connectivity index (χ0) is 7.11. The molecule has 50 valence electrons. The fraction of sp³-hybridized carbons (Fsp3) is 0.167. The predicted octanol–water partition coefficient (Wildman–Crippen LogP) is 2.17. The van der Waals surface area contributed by atoms with Crippen molar-refractivity contribution >= 4 is 11.6 Å². The molecule has 1 rings (SSSR count). The van der Waals surface area contributed by atoms with Gasteiger partial charge in [-0.1, -0.05) is 18.2 Å². The molecule has 0 atom stereocenters. The third-order valence-electron chi connectivity index (χ3n) is 0.406. The van der Waals surface area contributed by atoms with Gasteiger partial charge in [-0.25, -0.2) is 4.98 Å². The van der Waals surface area contributed by atoms with Crippen LogP contribution in [-0.2, 0) is 0 Å². The van der Waals surface area contributed by atoms with Gasteiger partial charge in [0.25, 0.3) is 0 Å². The Hall–Kier alpha value is -0.760. The van der Waals surface area contributed by atoms with E-state index in [-0.39, 0.29) is 0 Å². The van der Waals surface area contributed by atoms with Gasteiger partial charge in [0.15, 0.2) is 0 Å². The van der Waals surface area contributed by atoms with Crippen molar-refractivity contribution in [2.45, 2.75) is 6.92 Å². The van der Waals surface area contributed by atoms with E-state index in [0.29, 0.717) is 5.03 Å². The van der Waals surface area contributed by atoms with Crippen LogP contribution >= 0.6 is 11.6 Å². The fourth-order valence-electron chi connectivity index (χ4n) is 0.215. The lowest BCUT2D eigenvalue weighted by Gasteiger charge is -1.61. The Morgan fingerprint density at radius 2 is 2.33 bits per heavy atom. The van der Waals surface area contributed by atoms with Gasteiger partial charge >= 0.3 is 0 Å². The normalized spacial score (nSPS) is 7.33. The summed E-state index contributed by atoms with van der Waals surface area (Å²) < 4.78 is 0. The minimum absolute atomic E-state index is 0.639. The number of allylic oxidation sites excluding steroid dienone is 1. The second-order valence-corrected chi connectivity index (χ2v) is 2.08. The maximum atomic E-state index is 5.08. The Bertz CT molecular complexity index is 125. The Labute approximate surface area is 59.6 Å². The summed E-state index contributed by atoms with van der Waals surface area (Å²) in [6, 6.07) is 0. The molecule has 0 saturated carbocycles. The smallest absolute Gasteiger partial charge is 0.0919 e. The number of aromatic amines is 1. The van der Waals surface area contributed by atoms with Gasteiger partial charge in [0.1, 0.15) is 0 Å². The third-order valence-corrected chi connectivity index (χ3v) is 0.406. The molecule has 1 heterocycles. The van der Waals surface area contributed by atoms with Crippen LogP contribution in [0.2, 0.25) is 0 Å². The van der Waals surface area contributed by atoms with Crippen LogP contribution in [-0.4, -0.2) is 9.97 Å². The lowest BCUT2D eigenvalue weighted by Crippen LogP contribution is -1.44. The number of hydrogen-bond donors (Lipinski definition) is 1. The Morgan fingerprint density at radius 3 is 2.44 bits per heavy atom. The molecule has 0 aromatic carbocycles. The number of rotatable bonds is 0. The molecule has 0 aliphatic heterocycles. The second kappa shape index (κ2) is 5.38. The van der Waals surface area contributed by atoms with E-state index in [1.54, 1.807) is 25.6 Å². The number of H-pyrrole nitrogens is 1. The van der Waals surface area contributed by atoms with Crippen molar-refractivity contribution in [1.82, 2.24) is 9.97 Å². The highest BCUT2D eigenvalue weighted by atomic mass is 35.5. The standard InChI is InChI=1S/C3H5Cl.C3H4N2/c1-3(2)4;1-2-5-3-4-1/h1H2,2H3;1-3H,(H,4,5). The maximum Gasteiger partial charge on any atom is 0.0919 e.